The fourth-order valence-electron chi connectivity index (χ4n) is 0.719. The molecule has 0 atom stereocenters. The van der Waals surface area contributed by atoms with Gasteiger partial charge >= 0.3 is 0 Å². The molecule has 1 aromatic rings. The van der Waals surface area contributed by atoms with Gasteiger partial charge in [0.15, 0.2) is 4.32 Å². The van der Waals surface area contributed by atoms with E-state index < -0.39 is 0 Å². The summed E-state index contributed by atoms with van der Waals surface area (Å²) in [5.74, 6) is 0. The Kier molecular flexibility index (Phi) is 3.49. The van der Waals surface area contributed by atoms with E-state index in [0.717, 1.165) is 5.36 Å². The highest BCUT2D eigenvalue weighted by atomic mass is 32.2. The highest BCUT2D eigenvalue weighted by Gasteiger charge is 1.86. The Labute approximate surface area is 81.3 Å². The Morgan fingerprint density at radius 2 is 2.08 bits per heavy atom. The van der Waals surface area contributed by atoms with E-state index in [0.29, 0.717) is 4.32 Å². The molecule has 0 saturated carbocycles. The first-order valence-electron chi connectivity index (χ1n) is 3.47. The van der Waals surface area contributed by atoms with Crippen LogP contribution in [0.15, 0.2) is 29.5 Å². The predicted octanol–water partition coefficient (Wildman–Crippen LogP) is 1.57. The van der Waals surface area contributed by atoms with Crippen LogP contribution in [0.2, 0.25) is 0 Å². The van der Waals surface area contributed by atoms with Crippen LogP contribution in [0.4, 0.5) is 0 Å². The van der Waals surface area contributed by atoms with E-state index in [1.54, 1.807) is 0 Å². The van der Waals surface area contributed by atoms with Crippen molar-refractivity contribution in [3.63, 3.8) is 0 Å². The maximum absolute atomic E-state index is 4.96. The molecule has 1 rings (SSSR count). The van der Waals surface area contributed by atoms with Crippen molar-refractivity contribution in [2.75, 3.05) is 6.26 Å². The molecule has 0 amide bonds. The van der Waals surface area contributed by atoms with E-state index in [1.807, 2.05) is 42.4 Å². The fourth-order valence-corrected chi connectivity index (χ4v) is 1.02. The van der Waals surface area contributed by atoms with Crippen molar-refractivity contribution in [3.05, 3.63) is 29.9 Å². The zero-order chi connectivity index (χ0) is 8.97. The summed E-state index contributed by atoms with van der Waals surface area (Å²) in [6.07, 6.45) is 5.82. The molecule has 0 aliphatic heterocycles. The molecule has 0 aliphatic carbocycles. The summed E-state index contributed by atoms with van der Waals surface area (Å²) in [4.78, 5) is 4.20. The lowest BCUT2D eigenvalue weighted by Crippen LogP contribution is -2.04. The highest BCUT2D eigenvalue weighted by Crippen LogP contribution is 1.96. The van der Waals surface area contributed by atoms with Crippen LogP contribution < -0.4 is 5.36 Å². The first-order chi connectivity index (χ1) is 5.72. The Bertz CT molecular complexity index is 321. The molecule has 1 aromatic heterocycles. The van der Waals surface area contributed by atoms with Crippen LogP contribution in [0.3, 0.4) is 0 Å². The number of nitrogens with zero attached hydrogens (tertiary/aromatic N) is 2. The minimum atomic E-state index is 0.670. The second-order valence-electron chi connectivity index (χ2n) is 2.30. The standard InChI is InChI=1S/C8H10N2S2/c1-10-5-3-7(4-6-10)9-8(11)12-2/h3-6H,1-2H3. The van der Waals surface area contributed by atoms with Gasteiger partial charge < -0.3 is 4.57 Å². The van der Waals surface area contributed by atoms with Gasteiger partial charge in [-0.05, 0) is 18.4 Å². The van der Waals surface area contributed by atoms with Crippen LogP contribution in [0.25, 0.3) is 0 Å². The molecule has 0 aromatic carbocycles. The third-order valence-corrected chi connectivity index (χ3v) is 2.39. The second kappa shape index (κ2) is 4.42. The molecular formula is C8H10N2S2. The van der Waals surface area contributed by atoms with Gasteiger partial charge in [0.05, 0.1) is 5.36 Å². The van der Waals surface area contributed by atoms with E-state index in [2.05, 4.69) is 4.99 Å². The number of rotatable bonds is 0. The summed E-state index contributed by atoms with van der Waals surface area (Å²) < 4.78 is 2.63. The summed E-state index contributed by atoms with van der Waals surface area (Å²) in [6, 6.07) is 3.87. The molecule has 0 radical (unpaired) electrons. The van der Waals surface area contributed by atoms with Gasteiger partial charge in [-0.25, -0.2) is 4.99 Å². The summed E-state index contributed by atoms with van der Waals surface area (Å²) >= 11 is 6.44. The minimum absolute atomic E-state index is 0.670. The molecule has 0 bridgehead atoms. The van der Waals surface area contributed by atoms with Crippen molar-refractivity contribution in [2.24, 2.45) is 12.0 Å². The summed E-state index contributed by atoms with van der Waals surface area (Å²) in [7, 11) is 1.97. The molecule has 0 spiro atoms. The van der Waals surface area contributed by atoms with Crippen molar-refractivity contribution in [1.82, 2.24) is 4.57 Å². The second-order valence-corrected chi connectivity index (χ2v) is 3.74. The average Bonchev–Trinajstić information content (AvgIpc) is 2.09. The van der Waals surface area contributed by atoms with Gasteiger partial charge in [-0.15, -0.1) is 0 Å². The predicted molar refractivity (Wildman–Crippen MR) is 57.1 cm³/mol. The number of pyridine rings is 1. The summed E-state index contributed by atoms with van der Waals surface area (Å²) in [6.45, 7) is 0. The number of aromatic nitrogens is 1. The molecule has 1 heterocycles. The molecule has 0 fully saturated rings. The average molecular weight is 198 g/mol. The molecule has 2 nitrogen and oxygen atoms in total. The van der Waals surface area contributed by atoms with Crippen LogP contribution in [-0.2, 0) is 7.05 Å². The first-order valence-corrected chi connectivity index (χ1v) is 5.10. The van der Waals surface area contributed by atoms with Crippen LogP contribution in [0.1, 0.15) is 0 Å². The SMILES string of the molecule is CSC(=S)N=c1ccn(C)cc1. The largest absolute Gasteiger partial charge is 0.357 e. The van der Waals surface area contributed by atoms with Crippen molar-refractivity contribution >= 4 is 28.3 Å². The number of thiocarbonyl (C=S) groups is 1. The van der Waals surface area contributed by atoms with Gasteiger partial charge in [0.1, 0.15) is 0 Å². The molecule has 12 heavy (non-hydrogen) atoms. The topological polar surface area (TPSA) is 17.3 Å². The van der Waals surface area contributed by atoms with Gasteiger partial charge in [0, 0.05) is 19.4 Å². The Morgan fingerprint density at radius 3 is 2.58 bits per heavy atom. The highest BCUT2D eigenvalue weighted by molar-refractivity contribution is 8.22. The number of hydrogen-bond acceptors (Lipinski definition) is 2. The normalized spacial score (nSPS) is 9.50. The zero-order valence-electron chi connectivity index (χ0n) is 7.02. The van der Waals surface area contributed by atoms with Gasteiger partial charge in [-0.1, -0.05) is 24.0 Å². The van der Waals surface area contributed by atoms with Crippen molar-refractivity contribution in [1.29, 1.82) is 0 Å². The monoisotopic (exact) mass is 198 g/mol. The third kappa shape index (κ3) is 2.79. The quantitative estimate of drug-likeness (QED) is 0.589. The zero-order valence-corrected chi connectivity index (χ0v) is 8.65. The van der Waals surface area contributed by atoms with E-state index in [-0.39, 0.29) is 0 Å². The van der Waals surface area contributed by atoms with Crippen LogP contribution in [-0.4, -0.2) is 15.1 Å². The Morgan fingerprint density at radius 1 is 1.50 bits per heavy atom. The summed E-state index contributed by atoms with van der Waals surface area (Å²) in [5.41, 5.74) is 0. The lowest BCUT2D eigenvalue weighted by Gasteiger charge is -1.94. The molecular weight excluding hydrogens is 188 g/mol. The van der Waals surface area contributed by atoms with Gasteiger partial charge in [-0.3, -0.25) is 0 Å². The maximum atomic E-state index is 4.96. The van der Waals surface area contributed by atoms with Crippen molar-refractivity contribution in [3.8, 4) is 0 Å². The third-order valence-electron chi connectivity index (χ3n) is 1.36. The molecule has 4 heteroatoms. The van der Waals surface area contributed by atoms with Crippen LogP contribution >= 0.6 is 24.0 Å². The fraction of sp³-hybridized carbons (Fsp3) is 0.250. The molecule has 64 valence electrons. The molecule has 0 N–H and O–H groups in total. The van der Waals surface area contributed by atoms with E-state index >= 15 is 0 Å². The first kappa shape index (κ1) is 9.48. The van der Waals surface area contributed by atoms with E-state index in [4.69, 9.17) is 12.2 Å². The Balaban J connectivity index is 2.96. The van der Waals surface area contributed by atoms with Gasteiger partial charge in [0.2, 0.25) is 0 Å². The number of aryl methyl sites for hydroxylation is 1. The summed E-state index contributed by atoms with van der Waals surface area (Å²) in [5, 5.41) is 0.910. The lowest BCUT2D eigenvalue weighted by atomic mass is 10.4. The Hall–Kier alpha value is -0.610. The van der Waals surface area contributed by atoms with E-state index in [9.17, 15) is 0 Å². The number of hydrogen-bond donors (Lipinski definition) is 0. The van der Waals surface area contributed by atoms with Crippen molar-refractivity contribution < 1.29 is 0 Å². The van der Waals surface area contributed by atoms with Crippen molar-refractivity contribution in [2.45, 2.75) is 0 Å². The van der Waals surface area contributed by atoms with Gasteiger partial charge in [0.25, 0.3) is 0 Å². The van der Waals surface area contributed by atoms with Gasteiger partial charge in [-0.2, -0.15) is 0 Å². The minimum Gasteiger partial charge on any atom is -0.357 e. The molecule has 0 aliphatic rings. The molecule has 0 unspecified atom stereocenters. The van der Waals surface area contributed by atoms with Crippen LogP contribution in [0.5, 0.6) is 0 Å². The smallest absolute Gasteiger partial charge is 0.160 e. The molecule has 0 saturated heterocycles. The lowest BCUT2D eigenvalue weighted by molar-refractivity contribution is 0.898. The van der Waals surface area contributed by atoms with Crippen LogP contribution in [0, 0.1) is 0 Å². The maximum Gasteiger partial charge on any atom is 0.160 e. The number of thioether (sulfide) groups is 1. The van der Waals surface area contributed by atoms with E-state index in [1.165, 1.54) is 11.8 Å².